The predicted octanol–water partition coefficient (Wildman–Crippen LogP) is 4.07. The molecule has 134 valence electrons. The molecule has 0 amide bonds. The van der Waals surface area contributed by atoms with Crippen LogP contribution in [0.25, 0.3) is 0 Å². The first-order valence-corrected chi connectivity index (χ1v) is 9.57. The molecule has 1 fully saturated rings. The minimum Gasteiger partial charge on any atom is -0.467 e. The van der Waals surface area contributed by atoms with E-state index >= 15 is 4.39 Å². The number of methoxy groups -OCH3 is 1. The van der Waals surface area contributed by atoms with Crippen molar-refractivity contribution in [1.82, 2.24) is 0 Å². The fraction of sp³-hybridized carbons (Fsp3) is 0.588. The molecular weight excluding hydrogens is 334 g/mol. The highest BCUT2D eigenvalue weighted by Crippen LogP contribution is 2.52. The molecule has 24 heavy (non-hydrogen) atoms. The molecule has 1 aliphatic carbocycles. The smallest absolute Gasteiger partial charge is 0.343 e. The lowest BCUT2D eigenvalue weighted by Gasteiger charge is -2.29. The summed E-state index contributed by atoms with van der Waals surface area (Å²) in [5, 5.41) is 0. The maximum absolute atomic E-state index is 15.1. The van der Waals surface area contributed by atoms with Crippen LogP contribution in [0.1, 0.15) is 36.8 Å². The Bertz CT molecular complexity index is 634. The third kappa shape index (κ3) is 4.05. The molecule has 7 heteroatoms. The van der Waals surface area contributed by atoms with Gasteiger partial charge in [0, 0.05) is 20.1 Å². The van der Waals surface area contributed by atoms with Crippen molar-refractivity contribution in [3.63, 3.8) is 0 Å². The van der Waals surface area contributed by atoms with Gasteiger partial charge in [0.1, 0.15) is 0 Å². The summed E-state index contributed by atoms with van der Waals surface area (Å²) >= 11 is 0. The maximum atomic E-state index is 15.1. The van der Waals surface area contributed by atoms with Gasteiger partial charge in [0.15, 0.2) is 0 Å². The number of hydrogen-bond donors (Lipinski definition) is 0. The highest BCUT2D eigenvalue weighted by molar-refractivity contribution is 7.52. The van der Waals surface area contributed by atoms with Crippen LogP contribution in [0, 0.1) is 5.92 Å². The number of esters is 1. The Morgan fingerprint density at radius 3 is 2.46 bits per heavy atom. The second-order valence-corrected chi connectivity index (χ2v) is 8.53. The quantitative estimate of drug-likeness (QED) is 0.518. The van der Waals surface area contributed by atoms with Gasteiger partial charge < -0.3 is 13.8 Å². The molecule has 0 bridgehead atoms. The zero-order valence-electron chi connectivity index (χ0n) is 14.5. The molecule has 0 saturated heterocycles. The van der Waals surface area contributed by atoms with Gasteiger partial charge in [-0.15, -0.1) is 0 Å². The normalized spacial score (nSPS) is 18.7. The van der Waals surface area contributed by atoms with Crippen molar-refractivity contribution in [2.75, 3.05) is 21.3 Å². The lowest BCUT2D eigenvalue weighted by Crippen LogP contribution is -2.39. The maximum Gasteiger partial charge on any atom is 0.343 e. The lowest BCUT2D eigenvalue weighted by atomic mass is 9.80. The topological polar surface area (TPSA) is 61.8 Å². The summed E-state index contributed by atoms with van der Waals surface area (Å²) in [7, 11) is 0.637. The number of rotatable bonds is 8. The molecule has 0 aromatic heterocycles. The lowest BCUT2D eigenvalue weighted by molar-refractivity contribution is -0.155. The van der Waals surface area contributed by atoms with E-state index in [4.69, 9.17) is 9.05 Å². The third-order valence-electron chi connectivity index (χ3n) is 4.50. The number of halogens is 1. The van der Waals surface area contributed by atoms with Crippen molar-refractivity contribution in [2.24, 2.45) is 5.92 Å². The third-order valence-corrected chi connectivity index (χ3v) is 6.37. The van der Waals surface area contributed by atoms with Crippen molar-refractivity contribution in [1.29, 1.82) is 0 Å². The first-order chi connectivity index (χ1) is 11.3. The molecule has 1 unspecified atom stereocenters. The number of benzene rings is 1. The van der Waals surface area contributed by atoms with Crippen LogP contribution in [0.2, 0.25) is 0 Å². The molecule has 2 atom stereocenters. The molecule has 0 spiro atoms. The Morgan fingerprint density at radius 1 is 1.33 bits per heavy atom. The fourth-order valence-electron chi connectivity index (χ4n) is 3.10. The minimum absolute atomic E-state index is 0.0897. The second kappa shape index (κ2) is 7.34. The molecule has 1 saturated carbocycles. The number of carbonyl (C=O) groups is 1. The number of ether oxygens (including phenoxy) is 1. The zero-order valence-corrected chi connectivity index (χ0v) is 15.3. The van der Waals surface area contributed by atoms with Crippen molar-refractivity contribution in [2.45, 2.75) is 37.5 Å². The summed E-state index contributed by atoms with van der Waals surface area (Å²) in [6.07, 6.45) is 1.84. The summed E-state index contributed by atoms with van der Waals surface area (Å²) in [6, 6.07) is 7.11. The van der Waals surface area contributed by atoms with E-state index in [-0.39, 0.29) is 12.1 Å². The molecule has 1 aromatic carbocycles. The van der Waals surface area contributed by atoms with Gasteiger partial charge in [-0.2, -0.15) is 0 Å². The predicted molar refractivity (Wildman–Crippen MR) is 88.8 cm³/mol. The number of carbonyl (C=O) groups excluding carboxylic acids is 1. The first kappa shape index (κ1) is 19.1. The molecule has 1 aromatic rings. The highest BCUT2D eigenvalue weighted by Gasteiger charge is 2.50. The monoisotopic (exact) mass is 358 g/mol. The van der Waals surface area contributed by atoms with Crippen molar-refractivity contribution >= 4 is 13.6 Å². The van der Waals surface area contributed by atoms with Crippen LogP contribution in [-0.4, -0.2) is 33.0 Å². The number of alkyl halides is 1. The van der Waals surface area contributed by atoms with E-state index in [1.54, 1.807) is 24.3 Å². The molecule has 5 nitrogen and oxygen atoms in total. The second-order valence-electron chi connectivity index (χ2n) is 6.26. The van der Waals surface area contributed by atoms with Crippen molar-refractivity contribution in [3.05, 3.63) is 35.4 Å². The van der Waals surface area contributed by atoms with Crippen molar-refractivity contribution in [3.8, 4) is 0 Å². The average molecular weight is 358 g/mol. The van der Waals surface area contributed by atoms with Gasteiger partial charge in [-0.05, 0) is 36.8 Å². The summed E-state index contributed by atoms with van der Waals surface area (Å²) in [6.45, 7) is 1.27. The minimum atomic E-state index is -3.21. The fourth-order valence-corrected chi connectivity index (χ4v) is 4.15. The van der Waals surface area contributed by atoms with Crippen LogP contribution >= 0.6 is 7.60 Å². The van der Waals surface area contributed by atoms with Gasteiger partial charge in [-0.1, -0.05) is 24.3 Å². The molecule has 0 N–H and O–H groups in total. The van der Waals surface area contributed by atoms with E-state index in [9.17, 15) is 9.36 Å². The van der Waals surface area contributed by atoms with E-state index in [0.717, 1.165) is 12.8 Å². The van der Waals surface area contributed by atoms with E-state index in [1.807, 2.05) is 0 Å². The highest BCUT2D eigenvalue weighted by atomic mass is 31.2. The van der Waals surface area contributed by atoms with Gasteiger partial charge in [-0.25, -0.2) is 9.18 Å². The SMILES string of the molecule is COC(=O)C(C)(F)[C@H](c1cccc(CP(=O)(OC)OC)c1)C1CC1. The molecule has 0 radical (unpaired) electrons. The Hall–Kier alpha value is -1.23. The molecule has 2 rings (SSSR count). The Kier molecular flexibility index (Phi) is 5.84. The van der Waals surface area contributed by atoms with Gasteiger partial charge >= 0.3 is 13.6 Å². The average Bonchev–Trinajstić information content (AvgIpc) is 3.38. The molecular formula is C17H24FO5P. The van der Waals surface area contributed by atoms with Gasteiger partial charge in [-0.3, -0.25) is 4.57 Å². The molecule has 0 heterocycles. The molecule has 0 aliphatic heterocycles. The summed E-state index contributed by atoms with van der Waals surface area (Å²) in [5.74, 6) is -1.36. The summed E-state index contributed by atoms with van der Waals surface area (Å²) in [4.78, 5) is 11.9. The van der Waals surface area contributed by atoms with Crippen LogP contribution in [0.4, 0.5) is 4.39 Å². The van der Waals surface area contributed by atoms with E-state index in [0.29, 0.717) is 11.1 Å². The largest absolute Gasteiger partial charge is 0.467 e. The Morgan fingerprint density at radius 2 is 1.96 bits per heavy atom. The van der Waals surface area contributed by atoms with E-state index < -0.39 is 25.2 Å². The Labute approximate surface area is 142 Å². The standard InChI is InChI=1S/C17H24FO5P/c1-17(18,16(19)21-2)15(13-8-9-13)14-7-5-6-12(10-14)11-24(20,22-3)23-4/h5-7,10,13,15H,8-9,11H2,1-4H3/t15-,17?/m0/s1. The van der Waals surface area contributed by atoms with Crippen LogP contribution in [0.15, 0.2) is 24.3 Å². The summed E-state index contributed by atoms with van der Waals surface area (Å²) in [5.41, 5.74) is -0.698. The first-order valence-electron chi connectivity index (χ1n) is 7.84. The van der Waals surface area contributed by atoms with Gasteiger partial charge in [0.2, 0.25) is 5.67 Å². The van der Waals surface area contributed by atoms with E-state index in [2.05, 4.69) is 4.74 Å². The van der Waals surface area contributed by atoms with Gasteiger partial charge in [0.25, 0.3) is 0 Å². The van der Waals surface area contributed by atoms with Crippen LogP contribution in [0.5, 0.6) is 0 Å². The van der Waals surface area contributed by atoms with Crippen LogP contribution in [-0.2, 0) is 29.3 Å². The Balaban J connectivity index is 2.34. The zero-order chi connectivity index (χ0) is 18.0. The summed E-state index contributed by atoms with van der Waals surface area (Å²) < 4.78 is 42.0. The van der Waals surface area contributed by atoms with Gasteiger partial charge in [0.05, 0.1) is 13.3 Å². The molecule has 1 aliphatic rings. The van der Waals surface area contributed by atoms with Crippen molar-refractivity contribution < 1.29 is 27.5 Å². The van der Waals surface area contributed by atoms with Crippen LogP contribution in [0.3, 0.4) is 0 Å². The van der Waals surface area contributed by atoms with E-state index in [1.165, 1.54) is 28.3 Å². The number of hydrogen-bond acceptors (Lipinski definition) is 5. The van der Waals surface area contributed by atoms with Crippen LogP contribution < -0.4 is 0 Å².